The van der Waals surface area contributed by atoms with E-state index in [2.05, 4.69) is 29.2 Å². The molecule has 1 atom stereocenters. The van der Waals surface area contributed by atoms with E-state index >= 15 is 0 Å². The molecule has 0 aliphatic carbocycles. The third kappa shape index (κ3) is 7.46. The minimum atomic E-state index is -0.862. The molecule has 0 spiro atoms. The zero-order chi connectivity index (χ0) is 27.7. The predicted octanol–water partition coefficient (Wildman–Crippen LogP) is 7.65. The Hall–Kier alpha value is -4.09. The number of anilines is 1. The van der Waals surface area contributed by atoms with Crippen molar-refractivity contribution >= 4 is 40.5 Å². The second-order valence-electron chi connectivity index (χ2n) is 8.92. The van der Waals surface area contributed by atoms with Crippen LogP contribution in [0.2, 0.25) is 10.0 Å². The molecule has 1 unspecified atom stereocenters. The first-order chi connectivity index (χ1) is 18.2. The summed E-state index contributed by atoms with van der Waals surface area (Å²) in [6.07, 6.45) is 15.1. The molecule has 2 N–H and O–H groups in total. The summed E-state index contributed by atoms with van der Waals surface area (Å²) in [4.78, 5) is 6.91. The molecule has 3 aromatic carbocycles. The van der Waals surface area contributed by atoms with Crippen LogP contribution in [0.3, 0.4) is 0 Å². The molecule has 38 heavy (non-hydrogen) atoms. The Morgan fingerprint density at radius 1 is 1.11 bits per heavy atom. The van der Waals surface area contributed by atoms with E-state index in [9.17, 15) is 0 Å². The fourth-order valence-corrected chi connectivity index (χ4v) is 4.47. The molecule has 0 fully saturated rings. The van der Waals surface area contributed by atoms with Gasteiger partial charge in [-0.05, 0) is 79.9 Å². The normalized spacial score (nSPS) is 12.8. The molecule has 6 heteroatoms. The fraction of sp³-hybridized carbons (Fsp3) is 0.156. The van der Waals surface area contributed by atoms with Crippen LogP contribution in [-0.2, 0) is 5.54 Å². The zero-order valence-corrected chi connectivity index (χ0v) is 23.2. The molecular formula is C32H30Cl2N4. The van der Waals surface area contributed by atoms with Crippen molar-refractivity contribution in [2.24, 2.45) is 4.99 Å². The van der Waals surface area contributed by atoms with Crippen LogP contribution >= 0.6 is 23.2 Å². The number of nitrogens with one attached hydrogen (secondary N) is 2. The summed E-state index contributed by atoms with van der Waals surface area (Å²) in [7, 11) is 0. The number of rotatable bonds is 8. The zero-order valence-electron chi connectivity index (χ0n) is 21.7. The second-order valence-corrected chi connectivity index (χ2v) is 9.76. The molecule has 4 nitrogen and oxygen atoms in total. The van der Waals surface area contributed by atoms with E-state index in [1.165, 1.54) is 0 Å². The first kappa shape index (κ1) is 28.5. The first-order valence-corrected chi connectivity index (χ1v) is 12.7. The lowest BCUT2D eigenvalue weighted by Gasteiger charge is -2.32. The van der Waals surface area contributed by atoms with Crippen LogP contribution in [0.5, 0.6) is 0 Å². The maximum atomic E-state index is 6.76. The van der Waals surface area contributed by atoms with Gasteiger partial charge in [-0.1, -0.05) is 72.5 Å². The lowest BCUT2D eigenvalue weighted by Crippen LogP contribution is -2.38. The van der Waals surface area contributed by atoms with Crippen LogP contribution in [0.1, 0.15) is 36.1 Å². The molecule has 3 rings (SSSR count). The van der Waals surface area contributed by atoms with Gasteiger partial charge in [-0.25, -0.2) is 4.99 Å². The van der Waals surface area contributed by atoms with Gasteiger partial charge in [-0.2, -0.15) is 0 Å². The van der Waals surface area contributed by atoms with Crippen LogP contribution in [0, 0.1) is 31.7 Å². The van der Waals surface area contributed by atoms with E-state index in [4.69, 9.17) is 41.0 Å². The van der Waals surface area contributed by atoms with Crippen molar-refractivity contribution in [2.45, 2.75) is 26.3 Å². The standard InChI is InChI=1S/C32H30Cl2N4/c1-7-19-38(9-3)22-32(6,29-18-13-23(4)20-30(29)34)37-31(36-28-16-14-27(33)15-17-28)35-24(5)26-12-10-11-25(8-2)21-26/h2-3,7,10-21H,5,22H2,1,4,6H3,(H2,35,36,37)/b19-7-. The SMILES string of the molecule is C#Cc1cccc(C(=C)NC(=NC(C)(CN(C#C)/C=C\C)c2ccc(C)cc2Cl)Nc2ccc(Cl)cc2)c1. The number of terminal acetylenes is 2. The van der Waals surface area contributed by atoms with E-state index in [0.717, 1.165) is 27.9 Å². The van der Waals surface area contributed by atoms with Gasteiger partial charge in [0.25, 0.3) is 0 Å². The van der Waals surface area contributed by atoms with E-state index < -0.39 is 5.54 Å². The van der Waals surface area contributed by atoms with E-state index in [1.54, 1.807) is 17.0 Å². The maximum Gasteiger partial charge on any atom is 0.201 e. The van der Waals surface area contributed by atoms with E-state index in [1.807, 2.05) is 87.6 Å². The molecule has 0 aromatic heterocycles. The predicted molar refractivity (Wildman–Crippen MR) is 163 cm³/mol. The Morgan fingerprint density at radius 3 is 2.47 bits per heavy atom. The molecule has 0 radical (unpaired) electrons. The highest BCUT2D eigenvalue weighted by atomic mass is 35.5. The number of benzene rings is 3. The average molecular weight is 542 g/mol. The molecule has 192 valence electrons. The summed E-state index contributed by atoms with van der Waals surface area (Å²) in [6, 6.07) is 23.5. The van der Waals surface area contributed by atoms with Gasteiger partial charge in [0, 0.05) is 39.2 Å². The second kappa shape index (κ2) is 12.9. The Bertz CT molecular complexity index is 1440. The minimum absolute atomic E-state index is 0.364. The third-order valence-electron chi connectivity index (χ3n) is 5.79. The molecule has 0 aliphatic rings. The van der Waals surface area contributed by atoms with Crippen LogP contribution in [0.25, 0.3) is 5.70 Å². The molecule has 0 amide bonds. The summed E-state index contributed by atoms with van der Waals surface area (Å²) in [5, 5.41) is 7.93. The molecule has 0 heterocycles. The van der Waals surface area contributed by atoms with Gasteiger partial charge in [0.15, 0.2) is 0 Å². The van der Waals surface area contributed by atoms with E-state index in [0.29, 0.717) is 28.2 Å². The van der Waals surface area contributed by atoms with Gasteiger partial charge >= 0.3 is 0 Å². The summed E-state index contributed by atoms with van der Waals surface area (Å²) < 4.78 is 0. The smallest absolute Gasteiger partial charge is 0.201 e. The van der Waals surface area contributed by atoms with Crippen molar-refractivity contribution in [2.75, 3.05) is 11.9 Å². The van der Waals surface area contributed by atoms with Gasteiger partial charge < -0.3 is 15.5 Å². The number of aryl methyl sites for hydroxylation is 1. The Balaban J connectivity index is 2.13. The molecule has 0 aliphatic heterocycles. The van der Waals surface area contributed by atoms with Crippen molar-refractivity contribution in [1.29, 1.82) is 0 Å². The van der Waals surface area contributed by atoms with Crippen LogP contribution in [-0.4, -0.2) is 17.4 Å². The van der Waals surface area contributed by atoms with Crippen molar-refractivity contribution in [3.8, 4) is 24.8 Å². The lowest BCUT2D eigenvalue weighted by atomic mass is 9.91. The number of nitrogens with zero attached hydrogens (tertiary/aromatic N) is 2. The number of hydrogen-bond donors (Lipinski definition) is 2. The van der Waals surface area contributed by atoms with Crippen LogP contribution in [0.4, 0.5) is 5.69 Å². The maximum absolute atomic E-state index is 6.76. The summed E-state index contributed by atoms with van der Waals surface area (Å²) in [5.74, 6) is 3.10. The Kier molecular flexibility index (Phi) is 9.69. The number of hydrogen-bond acceptors (Lipinski definition) is 2. The molecule has 0 bridgehead atoms. The lowest BCUT2D eigenvalue weighted by molar-refractivity contribution is 0.371. The minimum Gasteiger partial charge on any atom is -0.326 e. The largest absolute Gasteiger partial charge is 0.326 e. The number of guanidine groups is 1. The molecule has 0 saturated carbocycles. The quantitative estimate of drug-likeness (QED) is 0.133. The summed E-state index contributed by atoms with van der Waals surface area (Å²) in [5.41, 5.74) is 3.99. The highest BCUT2D eigenvalue weighted by Crippen LogP contribution is 2.34. The Labute approximate surface area is 236 Å². The first-order valence-electron chi connectivity index (χ1n) is 11.9. The van der Waals surface area contributed by atoms with Gasteiger partial charge in [-0.3, -0.25) is 0 Å². The van der Waals surface area contributed by atoms with Crippen molar-refractivity contribution in [3.05, 3.63) is 118 Å². The highest BCUT2D eigenvalue weighted by molar-refractivity contribution is 6.31. The topological polar surface area (TPSA) is 39.7 Å². The van der Waals surface area contributed by atoms with Crippen LogP contribution < -0.4 is 10.6 Å². The van der Waals surface area contributed by atoms with Gasteiger partial charge in [-0.15, -0.1) is 6.42 Å². The molecule has 3 aromatic rings. The Morgan fingerprint density at radius 2 is 1.84 bits per heavy atom. The number of aliphatic imine (C=N–C) groups is 1. The van der Waals surface area contributed by atoms with Gasteiger partial charge in [0.1, 0.15) is 5.54 Å². The average Bonchev–Trinajstić information content (AvgIpc) is 2.89. The van der Waals surface area contributed by atoms with Crippen molar-refractivity contribution in [1.82, 2.24) is 10.2 Å². The van der Waals surface area contributed by atoms with E-state index in [-0.39, 0.29) is 0 Å². The van der Waals surface area contributed by atoms with Crippen molar-refractivity contribution < 1.29 is 0 Å². The molecular weight excluding hydrogens is 511 g/mol. The fourth-order valence-electron chi connectivity index (χ4n) is 3.91. The van der Waals surface area contributed by atoms with Crippen LogP contribution in [0.15, 0.2) is 90.6 Å². The van der Waals surface area contributed by atoms with Gasteiger partial charge in [0.2, 0.25) is 5.96 Å². The summed E-state index contributed by atoms with van der Waals surface area (Å²) in [6.45, 7) is 10.5. The number of halogens is 2. The monoisotopic (exact) mass is 540 g/mol. The van der Waals surface area contributed by atoms with Gasteiger partial charge in [0.05, 0.1) is 6.54 Å². The van der Waals surface area contributed by atoms with Crippen molar-refractivity contribution in [3.63, 3.8) is 0 Å². The molecule has 0 saturated heterocycles. The number of allylic oxidation sites excluding steroid dienone is 1. The third-order valence-corrected chi connectivity index (χ3v) is 6.36. The highest BCUT2D eigenvalue weighted by Gasteiger charge is 2.31. The summed E-state index contributed by atoms with van der Waals surface area (Å²) >= 11 is 12.9.